The Morgan fingerprint density at radius 3 is 1.94 bits per heavy atom. The first-order chi connectivity index (χ1) is 8.60. The van der Waals surface area contributed by atoms with E-state index in [1.165, 1.54) is 0 Å². The van der Waals surface area contributed by atoms with Crippen LogP contribution < -0.4 is 0 Å². The Bertz CT molecular complexity index is 641. The van der Waals surface area contributed by atoms with Crippen LogP contribution in [0.4, 0.5) is 0 Å². The molecule has 0 saturated heterocycles. The van der Waals surface area contributed by atoms with Crippen molar-refractivity contribution in [1.82, 2.24) is 0 Å². The SMILES string of the molecule is [CH2]/C(=C\c1ccccc1)S(=O)(=O)c1ccccc1. The second kappa shape index (κ2) is 5.19. The van der Waals surface area contributed by atoms with Crippen LogP contribution in [0.3, 0.4) is 0 Å². The van der Waals surface area contributed by atoms with Crippen LogP contribution in [-0.4, -0.2) is 8.42 Å². The highest BCUT2D eigenvalue weighted by atomic mass is 32.2. The van der Waals surface area contributed by atoms with Crippen LogP contribution in [0.5, 0.6) is 0 Å². The van der Waals surface area contributed by atoms with Gasteiger partial charge in [0, 0.05) is 0 Å². The highest BCUT2D eigenvalue weighted by Crippen LogP contribution is 2.20. The van der Waals surface area contributed by atoms with Crippen LogP contribution in [-0.2, 0) is 9.84 Å². The number of hydrogen-bond acceptors (Lipinski definition) is 2. The number of hydrogen-bond donors (Lipinski definition) is 0. The molecule has 0 N–H and O–H groups in total. The fraction of sp³-hybridized carbons (Fsp3) is 0. The molecular formula is C15H13O2S. The van der Waals surface area contributed by atoms with Gasteiger partial charge in [-0.3, -0.25) is 0 Å². The summed E-state index contributed by atoms with van der Waals surface area (Å²) in [5, 5.41) is 0. The van der Waals surface area contributed by atoms with Gasteiger partial charge < -0.3 is 0 Å². The topological polar surface area (TPSA) is 34.1 Å². The summed E-state index contributed by atoms with van der Waals surface area (Å²) >= 11 is 0. The standard InChI is InChI=1S/C15H13O2S/c1-13(12-14-8-4-2-5-9-14)18(16,17)15-10-6-3-7-11-15/h2-12H,1H2/b13-12+. The van der Waals surface area contributed by atoms with Gasteiger partial charge in [-0.1, -0.05) is 48.5 Å². The lowest BCUT2D eigenvalue weighted by atomic mass is 10.2. The second-order valence-corrected chi connectivity index (χ2v) is 5.84. The van der Waals surface area contributed by atoms with Crippen molar-refractivity contribution < 1.29 is 8.42 Å². The maximum atomic E-state index is 12.2. The minimum atomic E-state index is -3.49. The number of rotatable bonds is 3. The number of sulfone groups is 1. The lowest BCUT2D eigenvalue weighted by molar-refractivity contribution is 0.603. The fourth-order valence-corrected chi connectivity index (χ4v) is 2.67. The van der Waals surface area contributed by atoms with Gasteiger partial charge in [-0.05, 0) is 30.7 Å². The van der Waals surface area contributed by atoms with E-state index in [0.717, 1.165) is 5.56 Å². The van der Waals surface area contributed by atoms with E-state index in [9.17, 15) is 8.42 Å². The Morgan fingerprint density at radius 2 is 1.39 bits per heavy atom. The van der Waals surface area contributed by atoms with Gasteiger partial charge in [0.15, 0.2) is 0 Å². The molecule has 0 amide bonds. The van der Waals surface area contributed by atoms with Gasteiger partial charge in [-0.25, -0.2) is 8.42 Å². The van der Waals surface area contributed by atoms with E-state index in [1.54, 1.807) is 36.4 Å². The summed E-state index contributed by atoms with van der Waals surface area (Å²) in [6.07, 6.45) is 1.57. The normalized spacial score (nSPS) is 12.4. The predicted molar refractivity (Wildman–Crippen MR) is 73.4 cm³/mol. The Balaban J connectivity index is 2.40. The molecule has 0 saturated carbocycles. The molecule has 2 aromatic rings. The molecule has 0 heterocycles. The lowest BCUT2D eigenvalue weighted by Gasteiger charge is -2.04. The molecule has 0 aliphatic carbocycles. The van der Waals surface area contributed by atoms with Crippen molar-refractivity contribution in [2.45, 2.75) is 4.90 Å². The quantitative estimate of drug-likeness (QED) is 0.845. The molecular weight excluding hydrogens is 244 g/mol. The highest BCUT2D eigenvalue weighted by molar-refractivity contribution is 7.95. The van der Waals surface area contributed by atoms with Gasteiger partial charge in [0.2, 0.25) is 9.84 Å². The second-order valence-electron chi connectivity index (χ2n) is 3.84. The van der Waals surface area contributed by atoms with E-state index < -0.39 is 9.84 Å². The van der Waals surface area contributed by atoms with E-state index in [1.807, 2.05) is 30.3 Å². The Labute approximate surface area is 108 Å². The maximum absolute atomic E-state index is 12.2. The lowest BCUT2D eigenvalue weighted by Crippen LogP contribution is -2.02. The van der Waals surface area contributed by atoms with Crippen molar-refractivity contribution >= 4 is 15.9 Å². The van der Waals surface area contributed by atoms with Crippen LogP contribution in [0, 0.1) is 6.92 Å². The maximum Gasteiger partial charge on any atom is 0.202 e. The zero-order valence-corrected chi connectivity index (χ0v) is 10.6. The molecule has 0 fully saturated rings. The first kappa shape index (κ1) is 12.6. The van der Waals surface area contributed by atoms with Gasteiger partial charge >= 0.3 is 0 Å². The largest absolute Gasteiger partial charge is 0.219 e. The molecule has 3 heteroatoms. The average Bonchev–Trinajstić information content (AvgIpc) is 2.41. The van der Waals surface area contributed by atoms with E-state index in [4.69, 9.17) is 0 Å². The van der Waals surface area contributed by atoms with Crippen molar-refractivity contribution in [3.05, 3.63) is 78.1 Å². The van der Waals surface area contributed by atoms with Crippen molar-refractivity contribution in [2.75, 3.05) is 0 Å². The molecule has 0 unspecified atom stereocenters. The molecule has 2 nitrogen and oxygen atoms in total. The van der Waals surface area contributed by atoms with Crippen molar-refractivity contribution in [3.63, 3.8) is 0 Å². The van der Waals surface area contributed by atoms with Crippen molar-refractivity contribution in [3.8, 4) is 0 Å². The molecule has 0 aliphatic heterocycles. The van der Waals surface area contributed by atoms with Crippen LogP contribution in [0.25, 0.3) is 6.08 Å². The van der Waals surface area contributed by atoms with Crippen LogP contribution >= 0.6 is 0 Å². The van der Waals surface area contributed by atoms with Crippen LogP contribution in [0.1, 0.15) is 5.56 Å². The smallest absolute Gasteiger partial charge is 0.202 e. The minimum absolute atomic E-state index is 0.0971. The number of allylic oxidation sites excluding steroid dienone is 1. The summed E-state index contributed by atoms with van der Waals surface area (Å²) < 4.78 is 24.4. The monoisotopic (exact) mass is 257 g/mol. The summed E-state index contributed by atoms with van der Waals surface area (Å²) in [5.41, 5.74) is 0.821. The van der Waals surface area contributed by atoms with Crippen molar-refractivity contribution in [1.29, 1.82) is 0 Å². The molecule has 1 radical (unpaired) electrons. The minimum Gasteiger partial charge on any atom is -0.219 e. The molecule has 2 rings (SSSR count). The van der Waals surface area contributed by atoms with Gasteiger partial charge in [0.25, 0.3) is 0 Å². The third-order valence-electron chi connectivity index (χ3n) is 2.53. The van der Waals surface area contributed by atoms with Crippen LogP contribution in [0.15, 0.2) is 70.5 Å². The molecule has 0 aromatic heterocycles. The third-order valence-corrected chi connectivity index (χ3v) is 4.23. The molecule has 91 valence electrons. The van der Waals surface area contributed by atoms with E-state index in [2.05, 4.69) is 6.92 Å². The molecule has 0 aliphatic rings. The predicted octanol–water partition coefficient (Wildman–Crippen LogP) is 3.34. The molecule has 0 spiro atoms. The van der Waals surface area contributed by atoms with E-state index in [-0.39, 0.29) is 9.80 Å². The molecule has 0 atom stereocenters. The van der Waals surface area contributed by atoms with E-state index in [0.29, 0.717) is 0 Å². The Morgan fingerprint density at radius 1 is 0.889 bits per heavy atom. The zero-order chi connectivity index (χ0) is 13.0. The van der Waals surface area contributed by atoms with Crippen molar-refractivity contribution in [2.24, 2.45) is 0 Å². The van der Waals surface area contributed by atoms with Crippen LogP contribution in [0.2, 0.25) is 0 Å². The third kappa shape index (κ3) is 2.68. The molecule has 0 bridgehead atoms. The van der Waals surface area contributed by atoms with Gasteiger partial charge in [0.1, 0.15) is 0 Å². The first-order valence-corrected chi connectivity index (χ1v) is 6.98. The summed E-state index contributed by atoms with van der Waals surface area (Å²) in [4.78, 5) is 0.363. The summed E-state index contributed by atoms with van der Waals surface area (Å²) in [5.74, 6) is 0. The highest BCUT2D eigenvalue weighted by Gasteiger charge is 2.16. The van der Waals surface area contributed by atoms with Gasteiger partial charge in [-0.2, -0.15) is 0 Å². The van der Waals surface area contributed by atoms with E-state index >= 15 is 0 Å². The summed E-state index contributed by atoms with van der Waals surface area (Å²) in [6, 6.07) is 17.6. The number of benzene rings is 2. The molecule has 18 heavy (non-hydrogen) atoms. The Kier molecular flexibility index (Phi) is 3.63. The first-order valence-electron chi connectivity index (χ1n) is 5.49. The fourth-order valence-electron chi connectivity index (χ4n) is 1.56. The summed E-state index contributed by atoms with van der Waals surface area (Å²) in [7, 11) is -3.49. The summed E-state index contributed by atoms with van der Waals surface area (Å²) in [6.45, 7) is 3.65. The van der Waals surface area contributed by atoms with Gasteiger partial charge in [0.05, 0.1) is 9.80 Å². The molecule has 2 aromatic carbocycles. The Hall–Kier alpha value is -1.87. The average molecular weight is 257 g/mol. The van der Waals surface area contributed by atoms with Gasteiger partial charge in [-0.15, -0.1) is 0 Å². The zero-order valence-electron chi connectivity index (χ0n) is 9.78.